The van der Waals surface area contributed by atoms with Gasteiger partial charge in [0.05, 0.1) is 6.04 Å². The number of alkyl carbamates (subject to hydrolysis) is 1. The van der Waals surface area contributed by atoms with Crippen LogP contribution in [0.1, 0.15) is 12.6 Å². The summed E-state index contributed by atoms with van der Waals surface area (Å²) < 4.78 is 5.20. The molecule has 2 aromatic carbocycles. The van der Waals surface area contributed by atoms with Crippen molar-refractivity contribution in [1.29, 1.82) is 0 Å². The van der Waals surface area contributed by atoms with Crippen LogP contribution < -0.4 is 5.32 Å². The van der Waals surface area contributed by atoms with Gasteiger partial charge >= 0.3 is 6.09 Å². The maximum atomic E-state index is 11.8. The number of carbonyl (C=O) groups excluding carboxylic acids is 1. The van der Waals surface area contributed by atoms with Crippen LogP contribution in [0.15, 0.2) is 73.3 Å². The van der Waals surface area contributed by atoms with Gasteiger partial charge in [-0.3, -0.25) is 0 Å². The summed E-state index contributed by atoms with van der Waals surface area (Å²) in [5.41, 5.74) is 2.11. The minimum Gasteiger partial charge on any atom is -0.445 e. The Morgan fingerprint density at radius 2 is 1.67 bits per heavy atom. The summed E-state index contributed by atoms with van der Waals surface area (Å²) in [6.07, 6.45) is 1.99. The van der Waals surface area contributed by atoms with Crippen LogP contribution in [-0.2, 0) is 17.8 Å². The number of ether oxygens (including phenoxy) is 1. The third-order valence-electron chi connectivity index (χ3n) is 3.10. The predicted octanol–water partition coefficient (Wildman–Crippen LogP) is 3.96. The van der Waals surface area contributed by atoms with Crippen molar-refractivity contribution >= 4 is 6.09 Å². The number of hydrogen-bond donors (Lipinski definition) is 1. The van der Waals surface area contributed by atoms with E-state index in [9.17, 15) is 4.79 Å². The molecule has 0 heterocycles. The first kappa shape index (κ1) is 14.9. The Balaban J connectivity index is 0.00000242. The summed E-state index contributed by atoms with van der Waals surface area (Å²) in [6.45, 7) is 4.02. The molecule has 2 aromatic rings. The summed E-state index contributed by atoms with van der Waals surface area (Å²) in [5, 5.41) is 2.81. The molecule has 0 fully saturated rings. The molecule has 0 aliphatic carbocycles. The maximum absolute atomic E-state index is 11.8. The van der Waals surface area contributed by atoms with E-state index in [2.05, 4.69) is 11.9 Å². The molecule has 0 saturated carbocycles. The van der Waals surface area contributed by atoms with Gasteiger partial charge < -0.3 is 10.1 Å². The molecule has 0 aliphatic heterocycles. The Morgan fingerprint density at radius 1 is 1.10 bits per heavy atom. The molecular formula is C18H21NO2. The first-order valence-electron chi connectivity index (χ1n) is 6.91. The molecule has 21 heavy (non-hydrogen) atoms. The van der Waals surface area contributed by atoms with Crippen molar-refractivity contribution in [3.8, 4) is 0 Å². The standard InChI is InChI=1S/C18H19NO2.H2/c1-2-17(13-15-9-5-3-6-10-15)19-18(20)21-14-16-11-7-4-8-12-16;/h2-12,17H,1,13-14H2,(H,19,20);1H. The average Bonchev–Trinajstić information content (AvgIpc) is 2.54. The zero-order valence-corrected chi connectivity index (χ0v) is 11.9. The molecule has 3 heteroatoms. The van der Waals surface area contributed by atoms with Gasteiger partial charge in [0.2, 0.25) is 0 Å². The highest BCUT2D eigenvalue weighted by Gasteiger charge is 2.10. The number of carbonyl (C=O) groups is 1. The number of hydrogen-bond acceptors (Lipinski definition) is 2. The van der Waals surface area contributed by atoms with Crippen LogP contribution in [0.25, 0.3) is 0 Å². The molecule has 0 aliphatic rings. The van der Waals surface area contributed by atoms with E-state index in [0.29, 0.717) is 6.42 Å². The van der Waals surface area contributed by atoms with E-state index in [1.807, 2.05) is 60.7 Å². The van der Waals surface area contributed by atoms with Gasteiger partial charge in [-0.15, -0.1) is 6.58 Å². The number of rotatable bonds is 6. The Labute approximate surface area is 126 Å². The van der Waals surface area contributed by atoms with Gasteiger partial charge in [0.25, 0.3) is 0 Å². The quantitative estimate of drug-likeness (QED) is 0.815. The first-order chi connectivity index (χ1) is 10.3. The second-order valence-corrected chi connectivity index (χ2v) is 4.74. The highest BCUT2D eigenvalue weighted by atomic mass is 16.5. The van der Waals surface area contributed by atoms with E-state index in [1.54, 1.807) is 6.08 Å². The zero-order chi connectivity index (χ0) is 14.9. The summed E-state index contributed by atoms with van der Waals surface area (Å²) in [4.78, 5) is 11.8. The van der Waals surface area contributed by atoms with Crippen molar-refractivity contribution in [2.45, 2.75) is 19.1 Å². The molecule has 0 spiro atoms. The van der Waals surface area contributed by atoms with Gasteiger partial charge in [-0.1, -0.05) is 66.7 Å². The Bertz CT molecular complexity index is 572. The molecule has 0 radical (unpaired) electrons. The summed E-state index contributed by atoms with van der Waals surface area (Å²) in [6, 6.07) is 19.4. The molecule has 1 atom stereocenters. The van der Waals surface area contributed by atoms with Crippen LogP contribution in [0.4, 0.5) is 4.79 Å². The van der Waals surface area contributed by atoms with Gasteiger partial charge in [0.1, 0.15) is 6.61 Å². The van der Waals surface area contributed by atoms with Crippen LogP contribution >= 0.6 is 0 Å². The Kier molecular flexibility index (Phi) is 5.59. The topological polar surface area (TPSA) is 38.3 Å². The van der Waals surface area contributed by atoms with Crippen LogP contribution in [0.2, 0.25) is 0 Å². The van der Waals surface area contributed by atoms with Crippen molar-refractivity contribution in [2.24, 2.45) is 0 Å². The van der Waals surface area contributed by atoms with Crippen molar-refractivity contribution < 1.29 is 11.0 Å². The third kappa shape index (κ3) is 5.15. The highest BCUT2D eigenvalue weighted by Crippen LogP contribution is 2.05. The Morgan fingerprint density at radius 3 is 2.24 bits per heavy atom. The minimum atomic E-state index is -0.431. The largest absolute Gasteiger partial charge is 0.445 e. The molecule has 0 aromatic heterocycles. The SMILES string of the molecule is C=CC(Cc1ccccc1)NC(=O)OCc1ccccc1.[HH]. The van der Waals surface area contributed by atoms with Crippen LogP contribution in [0, 0.1) is 0 Å². The molecule has 0 saturated heterocycles. The van der Waals surface area contributed by atoms with E-state index < -0.39 is 6.09 Å². The molecule has 2 rings (SSSR count). The van der Waals surface area contributed by atoms with E-state index >= 15 is 0 Å². The Hall–Kier alpha value is -2.55. The normalized spacial score (nSPS) is 11.4. The zero-order valence-electron chi connectivity index (χ0n) is 11.9. The number of amides is 1. The van der Waals surface area contributed by atoms with Crippen LogP contribution in [-0.4, -0.2) is 12.1 Å². The second-order valence-electron chi connectivity index (χ2n) is 4.74. The molecule has 0 bridgehead atoms. The highest BCUT2D eigenvalue weighted by molar-refractivity contribution is 5.68. The van der Waals surface area contributed by atoms with E-state index in [4.69, 9.17) is 4.74 Å². The van der Waals surface area contributed by atoms with Crippen molar-refractivity contribution in [1.82, 2.24) is 5.32 Å². The lowest BCUT2D eigenvalue weighted by Crippen LogP contribution is -2.35. The van der Waals surface area contributed by atoms with Gasteiger partial charge in [0.15, 0.2) is 0 Å². The second kappa shape index (κ2) is 7.90. The third-order valence-corrected chi connectivity index (χ3v) is 3.10. The van der Waals surface area contributed by atoms with Gasteiger partial charge in [-0.2, -0.15) is 0 Å². The number of nitrogens with one attached hydrogen (secondary N) is 1. The smallest absolute Gasteiger partial charge is 0.407 e. The van der Waals surface area contributed by atoms with Gasteiger partial charge in [-0.05, 0) is 17.5 Å². The fourth-order valence-corrected chi connectivity index (χ4v) is 1.98. The van der Waals surface area contributed by atoms with E-state index in [-0.39, 0.29) is 14.1 Å². The minimum absolute atomic E-state index is 0. The molecule has 1 amide bonds. The van der Waals surface area contributed by atoms with Crippen molar-refractivity contribution in [3.05, 3.63) is 84.4 Å². The molecule has 1 unspecified atom stereocenters. The van der Waals surface area contributed by atoms with E-state index in [1.165, 1.54) is 0 Å². The molecule has 110 valence electrons. The van der Waals surface area contributed by atoms with Crippen molar-refractivity contribution in [2.75, 3.05) is 0 Å². The fourth-order valence-electron chi connectivity index (χ4n) is 1.98. The molecule has 1 N–H and O–H groups in total. The van der Waals surface area contributed by atoms with Gasteiger partial charge in [-0.25, -0.2) is 4.79 Å². The van der Waals surface area contributed by atoms with Crippen molar-refractivity contribution in [3.63, 3.8) is 0 Å². The van der Waals surface area contributed by atoms with Crippen LogP contribution in [0.3, 0.4) is 0 Å². The molecular weight excluding hydrogens is 262 g/mol. The molecule has 3 nitrogen and oxygen atoms in total. The monoisotopic (exact) mass is 283 g/mol. The fraction of sp³-hybridized carbons (Fsp3) is 0.167. The predicted molar refractivity (Wildman–Crippen MR) is 86.0 cm³/mol. The van der Waals surface area contributed by atoms with Gasteiger partial charge in [0, 0.05) is 1.43 Å². The lowest BCUT2D eigenvalue weighted by molar-refractivity contribution is 0.137. The lowest BCUT2D eigenvalue weighted by atomic mass is 10.1. The first-order valence-corrected chi connectivity index (χ1v) is 6.91. The van der Waals surface area contributed by atoms with E-state index in [0.717, 1.165) is 11.1 Å². The van der Waals surface area contributed by atoms with Crippen LogP contribution in [0.5, 0.6) is 0 Å². The maximum Gasteiger partial charge on any atom is 0.407 e. The summed E-state index contributed by atoms with van der Waals surface area (Å²) in [5.74, 6) is 0. The lowest BCUT2D eigenvalue weighted by Gasteiger charge is -2.15. The average molecular weight is 283 g/mol. The number of benzene rings is 2. The summed E-state index contributed by atoms with van der Waals surface area (Å²) in [7, 11) is 0. The summed E-state index contributed by atoms with van der Waals surface area (Å²) >= 11 is 0.